The molecule has 0 N–H and O–H groups in total. The van der Waals surface area contributed by atoms with Gasteiger partial charge in [0.25, 0.3) is 0 Å². The van der Waals surface area contributed by atoms with Crippen molar-refractivity contribution in [1.29, 1.82) is 0 Å². The van der Waals surface area contributed by atoms with E-state index in [0.717, 1.165) is 24.8 Å². The number of ketones is 1. The first-order valence-electron chi connectivity index (χ1n) is 8.28. The van der Waals surface area contributed by atoms with Gasteiger partial charge in [0.1, 0.15) is 0 Å². The lowest BCUT2D eigenvalue weighted by molar-refractivity contribution is -0.115. The summed E-state index contributed by atoms with van der Waals surface area (Å²) in [6.07, 6.45) is 13.0. The molecule has 1 heteroatoms. The Kier molecular flexibility index (Phi) is 12.1. The van der Waals surface area contributed by atoms with Crippen LogP contribution in [-0.2, 0) is 4.79 Å². The molecule has 0 saturated carbocycles. The molecule has 0 heterocycles. The van der Waals surface area contributed by atoms with Gasteiger partial charge in [0, 0.05) is 6.42 Å². The fourth-order valence-electron chi connectivity index (χ4n) is 2.20. The van der Waals surface area contributed by atoms with Gasteiger partial charge in [-0.25, -0.2) is 0 Å². The Bertz CT molecular complexity index is 240. The molecule has 0 bridgehead atoms. The molecule has 0 aliphatic carbocycles. The maximum Gasteiger partial charge on any atom is 0.158 e. The second kappa shape index (κ2) is 12.4. The zero-order valence-corrected chi connectivity index (χ0v) is 13.5. The highest BCUT2D eigenvalue weighted by Gasteiger charge is 2.07. The maximum atomic E-state index is 11.8. The van der Waals surface area contributed by atoms with Crippen LogP contribution < -0.4 is 0 Å². The number of hydrogen-bond donors (Lipinski definition) is 0. The molecule has 0 aromatic carbocycles. The molecule has 0 radical (unpaired) electrons. The highest BCUT2D eigenvalue weighted by Crippen LogP contribution is 2.15. The quantitative estimate of drug-likeness (QED) is 0.292. The van der Waals surface area contributed by atoms with Crippen LogP contribution in [0.4, 0.5) is 0 Å². The Morgan fingerprint density at radius 3 is 1.95 bits per heavy atom. The van der Waals surface area contributed by atoms with Crippen LogP contribution in [-0.4, -0.2) is 5.78 Å². The summed E-state index contributed by atoms with van der Waals surface area (Å²) >= 11 is 0. The molecule has 0 atom stereocenters. The Morgan fingerprint density at radius 1 is 0.895 bits per heavy atom. The molecule has 0 aliphatic rings. The lowest BCUT2D eigenvalue weighted by Crippen LogP contribution is -2.02. The van der Waals surface area contributed by atoms with Gasteiger partial charge in [0.05, 0.1) is 0 Å². The summed E-state index contributed by atoms with van der Waals surface area (Å²) in [7, 11) is 0. The van der Waals surface area contributed by atoms with Crippen LogP contribution in [0.2, 0.25) is 0 Å². The predicted octanol–water partition coefficient (Wildman–Crippen LogP) is 6.08. The molecule has 0 aromatic heterocycles. The van der Waals surface area contributed by atoms with Gasteiger partial charge >= 0.3 is 0 Å². The summed E-state index contributed by atoms with van der Waals surface area (Å²) in [4.78, 5) is 11.8. The molecule has 19 heavy (non-hydrogen) atoms. The molecular formula is C18H34O. The second-order valence-corrected chi connectivity index (χ2v) is 6.18. The molecule has 112 valence electrons. The van der Waals surface area contributed by atoms with Crippen molar-refractivity contribution in [2.24, 2.45) is 5.92 Å². The average molecular weight is 266 g/mol. The van der Waals surface area contributed by atoms with Gasteiger partial charge in [-0.2, -0.15) is 0 Å². The molecular weight excluding hydrogens is 232 g/mol. The van der Waals surface area contributed by atoms with Gasteiger partial charge in [-0.05, 0) is 30.8 Å². The topological polar surface area (TPSA) is 17.1 Å². The summed E-state index contributed by atoms with van der Waals surface area (Å²) < 4.78 is 0. The Balaban J connectivity index is 3.40. The van der Waals surface area contributed by atoms with Crippen molar-refractivity contribution in [2.75, 3.05) is 0 Å². The van der Waals surface area contributed by atoms with Crippen molar-refractivity contribution in [1.82, 2.24) is 0 Å². The summed E-state index contributed by atoms with van der Waals surface area (Å²) in [5.41, 5.74) is 0.844. The van der Waals surface area contributed by atoms with Crippen molar-refractivity contribution < 1.29 is 4.79 Å². The number of unbranched alkanes of at least 4 members (excludes halogenated alkanes) is 7. The number of hydrogen-bond acceptors (Lipinski definition) is 1. The molecule has 0 amide bonds. The van der Waals surface area contributed by atoms with E-state index in [2.05, 4.69) is 27.4 Å². The lowest BCUT2D eigenvalue weighted by atomic mass is 9.98. The highest BCUT2D eigenvalue weighted by atomic mass is 16.1. The van der Waals surface area contributed by atoms with Crippen LogP contribution >= 0.6 is 0 Å². The van der Waals surface area contributed by atoms with Gasteiger partial charge in [0.2, 0.25) is 0 Å². The third-order valence-electron chi connectivity index (χ3n) is 3.68. The number of carbonyl (C=O) groups excluding carboxylic acids is 1. The first kappa shape index (κ1) is 18.4. The van der Waals surface area contributed by atoms with Crippen LogP contribution in [0.25, 0.3) is 0 Å². The zero-order chi connectivity index (χ0) is 14.5. The standard InChI is InChI=1S/C18H34O/c1-5-6-7-8-9-10-11-12-13-18(19)17(4)15-14-16(2)3/h16H,4-15H2,1-3H3. The maximum absolute atomic E-state index is 11.8. The largest absolute Gasteiger partial charge is 0.295 e. The molecule has 0 fully saturated rings. The van der Waals surface area contributed by atoms with Crippen LogP contribution in [0, 0.1) is 5.92 Å². The predicted molar refractivity (Wildman–Crippen MR) is 85.4 cm³/mol. The monoisotopic (exact) mass is 266 g/mol. The van der Waals surface area contributed by atoms with E-state index in [1.54, 1.807) is 0 Å². The van der Waals surface area contributed by atoms with Gasteiger partial charge in [-0.15, -0.1) is 0 Å². The fraction of sp³-hybridized carbons (Fsp3) is 0.833. The third kappa shape index (κ3) is 12.2. The molecule has 0 saturated heterocycles. The summed E-state index contributed by atoms with van der Waals surface area (Å²) in [5.74, 6) is 0.958. The molecule has 0 aromatic rings. The minimum atomic E-state index is 0.298. The highest BCUT2D eigenvalue weighted by molar-refractivity contribution is 5.94. The summed E-state index contributed by atoms with van der Waals surface area (Å²) in [6.45, 7) is 10.6. The number of allylic oxidation sites excluding steroid dienone is 1. The van der Waals surface area contributed by atoms with E-state index in [9.17, 15) is 4.79 Å². The zero-order valence-electron chi connectivity index (χ0n) is 13.5. The number of Topliss-reactive ketones (excluding diaryl/α,β-unsaturated/α-hetero) is 1. The van der Waals surface area contributed by atoms with Crippen molar-refractivity contribution >= 4 is 5.78 Å². The Labute approximate surface area is 120 Å². The average Bonchev–Trinajstić information content (AvgIpc) is 2.38. The van der Waals surface area contributed by atoms with E-state index >= 15 is 0 Å². The van der Waals surface area contributed by atoms with E-state index in [0.29, 0.717) is 18.1 Å². The molecule has 0 unspecified atom stereocenters. The first-order chi connectivity index (χ1) is 9.07. The van der Waals surface area contributed by atoms with E-state index in [1.807, 2.05) is 0 Å². The van der Waals surface area contributed by atoms with E-state index in [-0.39, 0.29) is 0 Å². The Hall–Kier alpha value is -0.590. The smallest absolute Gasteiger partial charge is 0.158 e. The van der Waals surface area contributed by atoms with Gasteiger partial charge in [-0.3, -0.25) is 4.79 Å². The number of rotatable bonds is 13. The molecule has 0 rings (SSSR count). The molecule has 1 nitrogen and oxygen atoms in total. The lowest BCUT2D eigenvalue weighted by Gasteiger charge is -2.07. The van der Waals surface area contributed by atoms with Crippen LogP contribution in [0.5, 0.6) is 0 Å². The minimum Gasteiger partial charge on any atom is -0.295 e. The first-order valence-corrected chi connectivity index (χ1v) is 8.28. The van der Waals surface area contributed by atoms with Crippen LogP contribution in [0.15, 0.2) is 12.2 Å². The van der Waals surface area contributed by atoms with E-state index < -0.39 is 0 Å². The molecule has 0 aliphatic heterocycles. The van der Waals surface area contributed by atoms with Gasteiger partial charge in [0.15, 0.2) is 5.78 Å². The van der Waals surface area contributed by atoms with Crippen LogP contribution in [0.1, 0.15) is 91.4 Å². The van der Waals surface area contributed by atoms with E-state index in [4.69, 9.17) is 0 Å². The van der Waals surface area contributed by atoms with Crippen LogP contribution in [0.3, 0.4) is 0 Å². The van der Waals surface area contributed by atoms with Gasteiger partial charge in [-0.1, -0.05) is 72.3 Å². The Morgan fingerprint density at radius 2 is 1.42 bits per heavy atom. The normalized spacial score (nSPS) is 10.9. The van der Waals surface area contributed by atoms with Gasteiger partial charge < -0.3 is 0 Å². The van der Waals surface area contributed by atoms with Crippen molar-refractivity contribution in [3.8, 4) is 0 Å². The summed E-state index contributed by atoms with van der Waals surface area (Å²) in [6, 6.07) is 0. The fourth-order valence-corrected chi connectivity index (χ4v) is 2.20. The van der Waals surface area contributed by atoms with Crippen molar-refractivity contribution in [3.63, 3.8) is 0 Å². The van der Waals surface area contributed by atoms with Crippen molar-refractivity contribution in [2.45, 2.75) is 91.4 Å². The third-order valence-corrected chi connectivity index (χ3v) is 3.68. The van der Waals surface area contributed by atoms with E-state index in [1.165, 1.54) is 44.9 Å². The minimum absolute atomic E-state index is 0.298. The SMILES string of the molecule is C=C(CCC(C)C)C(=O)CCCCCCCCCC. The van der Waals surface area contributed by atoms with Crippen molar-refractivity contribution in [3.05, 3.63) is 12.2 Å². The summed E-state index contributed by atoms with van der Waals surface area (Å²) in [5, 5.41) is 0. The second-order valence-electron chi connectivity index (χ2n) is 6.18. The molecule has 0 spiro atoms. The number of carbonyl (C=O) groups is 1.